The summed E-state index contributed by atoms with van der Waals surface area (Å²) >= 11 is 6.98. The molecule has 0 spiro atoms. The molecule has 4 nitrogen and oxygen atoms in total. The number of hydrogen-bond acceptors (Lipinski definition) is 5. The Balaban J connectivity index is 2.43. The van der Waals surface area contributed by atoms with Crippen molar-refractivity contribution in [3.05, 3.63) is 22.8 Å². The van der Waals surface area contributed by atoms with Crippen LogP contribution in [0.5, 0.6) is 0 Å². The number of nitrogens with zero attached hydrogens (tertiary/aromatic N) is 4. The molecule has 12 heavy (non-hydrogen) atoms. The lowest BCUT2D eigenvalue weighted by molar-refractivity contribution is 1.02. The van der Waals surface area contributed by atoms with Crippen LogP contribution in [0.2, 0.25) is 5.15 Å². The lowest BCUT2D eigenvalue weighted by Gasteiger charge is -1.91. The van der Waals surface area contributed by atoms with Crippen molar-refractivity contribution in [2.24, 2.45) is 0 Å². The first-order chi connectivity index (χ1) is 5.86. The van der Waals surface area contributed by atoms with E-state index in [0.717, 1.165) is 5.01 Å². The summed E-state index contributed by atoms with van der Waals surface area (Å²) in [7, 11) is 0. The molecule has 2 heterocycles. The Morgan fingerprint density at radius 2 is 2.08 bits per heavy atom. The molecule has 0 aliphatic rings. The van der Waals surface area contributed by atoms with Crippen LogP contribution in [-0.4, -0.2) is 20.4 Å². The zero-order valence-corrected chi connectivity index (χ0v) is 7.38. The molecule has 0 saturated heterocycles. The van der Waals surface area contributed by atoms with Crippen molar-refractivity contribution in [2.75, 3.05) is 0 Å². The first kappa shape index (κ1) is 7.57. The minimum atomic E-state index is 0.378. The van der Waals surface area contributed by atoms with Crippen molar-refractivity contribution >= 4 is 22.9 Å². The van der Waals surface area contributed by atoms with Crippen molar-refractivity contribution in [2.45, 2.75) is 0 Å². The Kier molecular flexibility index (Phi) is 1.97. The van der Waals surface area contributed by atoms with Gasteiger partial charge in [-0.3, -0.25) is 0 Å². The third-order valence-electron chi connectivity index (χ3n) is 1.21. The maximum Gasteiger partial charge on any atom is 0.167 e. The van der Waals surface area contributed by atoms with Crippen molar-refractivity contribution in [3.63, 3.8) is 0 Å². The van der Waals surface area contributed by atoms with Crippen LogP contribution in [0.25, 0.3) is 10.7 Å². The monoisotopic (exact) mass is 198 g/mol. The molecule has 2 rings (SSSR count). The molecule has 0 aliphatic heterocycles. The molecular weight excluding hydrogens is 196 g/mol. The maximum atomic E-state index is 5.57. The second-order valence-corrected chi connectivity index (χ2v) is 3.21. The van der Waals surface area contributed by atoms with E-state index in [1.54, 1.807) is 17.6 Å². The van der Waals surface area contributed by atoms with Gasteiger partial charge in [0.25, 0.3) is 0 Å². The van der Waals surface area contributed by atoms with Gasteiger partial charge >= 0.3 is 0 Å². The topological polar surface area (TPSA) is 51.6 Å². The Labute approximate surface area is 77.2 Å². The van der Waals surface area contributed by atoms with Crippen LogP contribution >= 0.6 is 22.9 Å². The first-order valence-electron chi connectivity index (χ1n) is 3.12. The Morgan fingerprint density at radius 1 is 1.17 bits per heavy atom. The van der Waals surface area contributed by atoms with Crippen molar-refractivity contribution < 1.29 is 0 Å². The summed E-state index contributed by atoms with van der Waals surface area (Å²) in [4.78, 5) is 0. The predicted octanol–water partition coefficient (Wildman–Crippen LogP) is 1.65. The summed E-state index contributed by atoms with van der Waals surface area (Å²) in [5, 5.41) is 16.2. The fraction of sp³-hybridized carbons (Fsp3) is 0. The molecule has 0 aliphatic carbocycles. The standard InChI is InChI=1S/C6H3ClN4S/c7-5-2-1-4(9-10-5)6-11-8-3-12-6/h1-3H. The van der Waals surface area contributed by atoms with Crippen molar-refractivity contribution in [3.8, 4) is 10.7 Å². The van der Waals surface area contributed by atoms with Crippen LogP contribution in [0, 0.1) is 0 Å². The lowest BCUT2D eigenvalue weighted by Crippen LogP contribution is -1.86. The van der Waals surface area contributed by atoms with Gasteiger partial charge in [0, 0.05) is 0 Å². The van der Waals surface area contributed by atoms with Gasteiger partial charge in [-0.2, -0.15) is 0 Å². The normalized spacial score (nSPS) is 10.1. The molecule has 2 aromatic rings. The largest absolute Gasteiger partial charge is 0.167 e. The molecule has 0 N–H and O–H groups in total. The quantitative estimate of drug-likeness (QED) is 0.699. The minimum Gasteiger partial charge on any atom is -0.147 e. The van der Waals surface area contributed by atoms with Crippen LogP contribution in [0.3, 0.4) is 0 Å². The number of hydrogen-bond donors (Lipinski definition) is 0. The molecule has 6 heteroatoms. The first-order valence-corrected chi connectivity index (χ1v) is 4.38. The van der Waals surface area contributed by atoms with E-state index in [9.17, 15) is 0 Å². The van der Waals surface area contributed by atoms with Gasteiger partial charge in [0.2, 0.25) is 0 Å². The van der Waals surface area contributed by atoms with Crippen molar-refractivity contribution in [1.82, 2.24) is 20.4 Å². The fourth-order valence-corrected chi connectivity index (χ4v) is 1.33. The highest BCUT2D eigenvalue weighted by Gasteiger charge is 2.02. The highest BCUT2D eigenvalue weighted by molar-refractivity contribution is 7.12. The molecule has 0 radical (unpaired) electrons. The fourth-order valence-electron chi connectivity index (χ4n) is 0.715. The van der Waals surface area contributed by atoms with Crippen LogP contribution in [-0.2, 0) is 0 Å². The average Bonchev–Trinajstić information content (AvgIpc) is 2.58. The molecular formula is C6H3ClN4S. The van der Waals surface area contributed by atoms with E-state index in [1.165, 1.54) is 11.3 Å². The highest BCUT2D eigenvalue weighted by Crippen LogP contribution is 2.17. The summed E-state index contributed by atoms with van der Waals surface area (Å²) in [6.07, 6.45) is 0. The number of aromatic nitrogens is 4. The van der Waals surface area contributed by atoms with Gasteiger partial charge in [-0.1, -0.05) is 22.9 Å². The molecule has 2 aromatic heterocycles. The zero-order valence-electron chi connectivity index (χ0n) is 5.81. The van der Waals surface area contributed by atoms with Crippen LogP contribution in [0.4, 0.5) is 0 Å². The summed E-state index contributed by atoms with van der Waals surface area (Å²) < 4.78 is 0. The van der Waals surface area contributed by atoms with Gasteiger partial charge in [-0.15, -0.1) is 20.4 Å². The van der Waals surface area contributed by atoms with E-state index in [2.05, 4.69) is 20.4 Å². The van der Waals surface area contributed by atoms with Gasteiger partial charge in [0.1, 0.15) is 11.2 Å². The molecule has 0 unspecified atom stereocenters. The number of rotatable bonds is 1. The number of halogens is 1. The van der Waals surface area contributed by atoms with Crippen LogP contribution in [0.15, 0.2) is 17.6 Å². The Bertz CT molecular complexity index is 358. The molecule has 60 valence electrons. The van der Waals surface area contributed by atoms with E-state index in [1.807, 2.05) is 0 Å². The SMILES string of the molecule is Clc1ccc(-c2nncs2)nn1. The maximum absolute atomic E-state index is 5.57. The molecule has 0 amide bonds. The molecule has 0 bridgehead atoms. The Hall–Kier alpha value is -1.07. The summed E-state index contributed by atoms with van der Waals surface area (Å²) in [6, 6.07) is 3.43. The van der Waals surface area contributed by atoms with Gasteiger partial charge in [-0.25, -0.2) is 0 Å². The van der Waals surface area contributed by atoms with Gasteiger partial charge in [0.15, 0.2) is 10.2 Å². The van der Waals surface area contributed by atoms with E-state index in [0.29, 0.717) is 10.8 Å². The predicted molar refractivity (Wildman–Crippen MR) is 45.9 cm³/mol. The third-order valence-corrected chi connectivity index (χ3v) is 2.13. The van der Waals surface area contributed by atoms with Gasteiger partial charge < -0.3 is 0 Å². The summed E-state index contributed by atoms with van der Waals surface area (Å²) in [6.45, 7) is 0. The molecule has 0 saturated carbocycles. The smallest absolute Gasteiger partial charge is 0.147 e. The van der Waals surface area contributed by atoms with Gasteiger partial charge in [-0.05, 0) is 12.1 Å². The van der Waals surface area contributed by atoms with Crippen LogP contribution < -0.4 is 0 Å². The van der Waals surface area contributed by atoms with E-state index >= 15 is 0 Å². The average molecular weight is 199 g/mol. The minimum absolute atomic E-state index is 0.378. The lowest BCUT2D eigenvalue weighted by atomic mass is 10.4. The third kappa shape index (κ3) is 1.41. The molecule has 0 atom stereocenters. The second-order valence-electron chi connectivity index (χ2n) is 1.99. The highest BCUT2D eigenvalue weighted by atomic mass is 35.5. The van der Waals surface area contributed by atoms with E-state index in [-0.39, 0.29) is 0 Å². The van der Waals surface area contributed by atoms with E-state index in [4.69, 9.17) is 11.6 Å². The molecule has 0 fully saturated rings. The summed E-state index contributed by atoms with van der Waals surface area (Å²) in [5.41, 5.74) is 2.34. The zero-order chi connectivity index (χ0) is 8.39. The van der Waals surface area contributed by atoms with Crippen LogP contribution in [0.1, 0.15) is 0 Å². The van der Waals surface area contributed by atoms with E-state index < -0.39 is 0 Å². The van der Waals surface area contributed by atoms with Gasteiger partial charge in [0.05, 0.1) is 0 Å². The second kappa shape index (κ2) is 3.12. The Morgan fingerprint density at radius 3 is 2.67 bits per heavy atom. The summed E-state index contributed by atoms with van der Waals surface area (Å²) in [5.74, 6) is 0. The van der Waals surface area contributed by atoms with Crippen molar-refractivity contribution in [1.29, 1.82) is 0 Å². The molecule has 0 aromatic carbocycles.